The summed E-state index contributed by atoms with van der Waals surface area (Å²) in [7, 11) is 0. The molecule has 78 valence electrons. The Hall–Kier alpha value is -2.17. The molecular formula is C10H9FN2O2. The summed E-state index contributed by atoms with van der Waals surface area (Å²) in [6.45, 7) is 0. The van der Waals surface area contributed by atoms with Crippen molar-refractivity contribution in [1.82, 2.24) is 0 Å². The number of carboxylic acid groups (broad SMARTS) is 1. The van der Waals surface area contributed by atoms with Crippen molar-refractivity contribution in [3.8, 4) is 0 Å². The molecule has 0 saturated heterocycles. The zero-order valence-electron chi connectivity index (χ0n) is 7.72. The van der Waals surface area contributed by atoms with E-state index in [1.54, 1.807) is 0 Å². The van der Waals surface area contributed by atoms with Gasteiger partial charge in [0.25, 0.3) is 0 Å². The molecule has 0 aliphatic carbocycles. The molecule has 0 spiro atoms. The van der Waals surface area contributed by atoms with Gasteiger partial charge in [0.15, 0.2) is 0 Å². The van der Waals surface area contributed by atoms with Crippen LogP contribution in [0.15, 0.2) is 41.0 Å². The highest BCUT2D eigenvalue weighted by atomic mass is 19.1. The molecule has 0 bridgehead atoms. The first-order chi connectivity index (χ1) is 7.09. The smallest absolute Gasteiger partial charge is 0.351 e. The number of aliphatic imine (C=N–C) groups is 1. The van der Waals surface area contributed by atoms with E-state index in [0.717, 1.165) is 6.08 Å². The molecule has 0 aliphatic rings. The van der Waals surface area contributed by atoms with Crippen molar-refractivity contribution in [2.75, 3.05) is 0 Å². The van der Waals surface area contributed by atoms with Crippen LogP contribution in [0.3, 0.4) is 0 Å². The number of rotatable bonds is 3. The fourth-order valence-electron chi connectivity index (χ4n) is 0.802. The molecule has 0 atom stereocenters. The Balaban J connectivity index is 2.70. The predicted molar refractivity (Wildman–Crippen MR) is 54.5 cm³/mol. The number of carbonyl (C=O) groups is 1. The summed E-state index contributed by atoms with van der Waals surface area (Å²) in [4.78, 5) is 14.1. The van der Waals surface area contributed by atoms with Gasteiger partial charge in [-0.3, -0.25) is 4.99 Å². The Morgan fingerprint density at radius 3 is 2.53 bits per heavy atom. The maximum Gasteiger partial charge on any atom is 0.351 e. The van der Waals surface area contributed by atoms with Gasteiger partial charge in [0.05, 0.1) is 5.69 Å². The van der Waals surface area contributed by atoms with Crippen LogP contribution in [0.4, 0.5) is 10.1 Å². The Morgan fingerprint density at radius 1 is 1.40 bits per heavy atom. The van der Waals surface area contributed by atoms with Crippen LogP contribution in [0.1, 0.15) is 0 Å². The summed E-state index contributed by atoms with van der Waals surface area (Å²) in [5, 5.41) is 8.41. The maximum atomic E-state index is 12.5. The van der Waals surface area contributed by atoms with Gasteiger partial charge in [0.2, 0.25) is 0 Å². The first-order valence-corrected chi connectivity index (χ1v) is 4.08. The Labute approximate surface area is 85.6 Å². The average Bonchev–Trinajstić information content (AvgIpc) is 2.20. The molecule has 0 aliphatic heterocycles. The Morgan fingerprint density at radius 2 is 2.00 bits per heavy atom. The highest BCUT2D eigenvalue weighted by Crippen LogP contribution is 2.10. The molecule has 0 aromatic heterocycles. The van der Waals surface area contributed by atoms with Gasteiger partial charge in [-0.25, -0.2) is 9.18 Å². The normalized spacial score (nSPS) is 11.9. The second-order valence-electron chi connectivity index (χ2n) is 2.68. The summed E-state index contributed by atoms with van der Waals surface area (Å²) in [5.74, 6) is -1.56. The average molecular weight is 208 g/mol. The van der Waals surface area contributed by atoms with Gasteiger partial charge >= 0.3 is 5.97 Å². The van der Waals surface area contributed by atoms with Crippen LogP contribution in [0.25, 0.3) is 0 Å². The van der Waals surface area contributed by atoms with Gasteiger partial charge < -0.3 is 10.8 Å². The summed E-state index contributed by atoms with van der Waals surface area (Å²) in [6, 6.07) is 5.46. The van der Waals surface area contributed by atoms with Crippen molar-refractivity contribution >= 4 is 17.9 Å². The summed E-state index contributed by atoms with van der Waals surface area (Å²) in [5.41, 5.74) is 5.33. The molecule has 0 radical (unpaired) electrons. The molecule has 15 heavy (non-hydrogen) atoms. The third-order valence-electron chi connectivity index (χ3n) is 1.55. The zero-order chi connectivity index (χ0) is 11.3. The fraction of sp³-hybridized carbons (Fsp3) is 0. The van der Waals surface area contributed by atoms with Crippen molar-refractivity contribution < 1.29 is 14.3 Å². The number of nitrogens with zero attached hydrogens (tertiary/aromatic N) is 1. The first kappa shape index (κ1) is 10.9. The lowest BCUT2D eigenvalue weighted by atomic mass is 10.3. The highest BCUT2D eigenvalue weighted by molar-refractivity contribution is 5.91. The minimum Gasteiger partial charge on any atom is -0.477 e. The number of halogens is 1. The second-order valence-corrected chi connectivity index (χ2v) is 2.68. The SMILES string of the molecule is NC(=CC=Nc1ccc(F)cc1)C(=O)O. The van der Waals surface area contributed by atoms with E-state index in [9.17, 15) is 9.18 Å². The van der Waals surface area contributed by atoms with Crippen LogP contribution in [0, 0.1) is 5.82 Å². The quantitative estimate of drug-likeness (QED) is 0.583. The van der Waals surface area contributed by atoms with E-state index in [1.165, 1.54) is 30.5 Å². The molecule has 0 unspecified atom stereocenters. The molecular weight excluding hydrogens is 199 g/mol. The molecule has 4 nitrogen and oxygen atoms in total. The molecule has 5 heteroatoms. The van der Waals surface area contributed by atoms with E-state index in [4.69, 9.17) is 10.8 Å². The van der Waals surface area contributed by atoms with Gasteiger partial charge in [-0.1, -0.05) is 0 Å². The van der Waals surface area contributed by atoms with Crippen molar-refractivity contribution in [3.05, 3.63) is 41.9 Å². The van der Waals surface area contributed by atoms with Crippen molar-refractivity contribution in [3.63, 3.8) is 0 Å². The molecule has 1 aromatic carbocycles. The van der Waals surface area contributed by atoms with Crippen LogP contribution < -0.4 is 5.73 Å². The van der Waals surface area contributed by atoms with Crippen LogP contribution in [-0.2, 0) is 4.79 Å². The number of allylic oxidation sites excluding steroid dienone is 1. The maximum absolute atomic E-state index is 12.5. The second kappa shape index (κ2) is 4.90. The Kier molecular flexibility index (Phi) is 3.56. The summed E-state index contributed by atoms with van der Waals surface area (Å²) in [6.07, 6.45) is 2.41. The van der Waals surface area contributed by atoms with Gasteiger partial charge in [-0.05, 0) is 30.3 Å². The molecule has 0 heterocycles. The molecule has 3 N–H and O–H groups in total. The van der Waals surface area contributed by atoms with Gasteiger partial charge in [-0.2, -0.15) is 0 Å². The standard InChI is InChI=1S/C10H9FN2O2/c11-7-1-3-8(4-2-7)13-6-5-9(12)10(14)15/h1-6H,12H2,(H,14,15). The number of benzene rings is 1. The number of aliphatic carboxylic acids is 1. The molecule has 0 fully saturated rings. The van der Waals surface area contributed by atoms with Crippen LogP contribution in [0.2, 0.25) is 0 Å². The topological polar surface area (TPSA) is 75.7 Å². The lowest BCUT2D eigenvalue weighted by Crippen LogP contribution is -2.09. The van der Waals surface area contributed by atoms with Gasteiger partial charge in [-0.15, -0.1) is 0 Å². The minimum absolute atomic E-state index is 0.305. The minimum atomic E-state index is -1.21. The molecule has 0 saturated carbocycles. The molecule has 0 amide bonds. The van der Waals surface area contributed by atoms with Crippen molar-refractivity contribution in [2.24, 2.45) is 10.7 Å². The molecule has 1 rings (SSSR count). The monoisotopic (exact) mass is 208 g/mol. The lowest BCUT2D eigenvalue weighted by Gasteiger charge is -1.91. The summed E-state index contributed by atoms with van der Waals surface area (Å²) >= 11 is 0. The number of hydrogen-bond acceptors (Lipinski definition) is 3. The van der Waals surface area contributed by atoms with Gasteiger partial charge in [0, 0.05) is 6.21 Å². The fourth-order valence-corrected chi connectivity index (χ4v) is 0.802. The third-order valence-corrected chi connectivity index (χ3v) is 1.55. The third kappa shape index (κ3) is 3.60. The van der Waals surface area contributed by atoms with E-state index < -0.39 is 5.97 Å². The zero-order valence-corrected chi connectivity index (χ0v) is 7.72. The predicted octanol–water partition coefficient (Wildman–Crippen LogP) is 1.46. The number of nitrogens with two attached hydrogens (primary N) is 1. The van der Waals surface area contributed by atoms with E-state index in [2.05, 4.69) is 4.99 Å². The van der Waals surface area contributed by atoms with Crippen molar-refractivity contribution in [1.29, 1.82) is 0 Å². The Bertz CT molecular complexity index is 410. The lowest BCUT2D eigenvalue weighted by molar-refractivity contribution is -0.132. The van der Waals surface area contributed by atoms with Crippen molar-refractivity contribution in [2.45, 2.75) is 0 Å². The van der Waals surface area contributed by atoms with E-state index in [0.29, 0.717) is 5.69 Å². The van der Waals surface area contributed by atoms with Crippen LogP contribution in [0.5, 0.6) is 0 Å². The number of hydrogen-bond donors (Lipinski definition) is 2. The highest BCUT2D eigenvalue weighted by Gasteiger charge is 1.97. The van der Waals surface area contributed by atoms with E-state index in [1.807, 2.05) is 0 Å². The van der Waals surface area contributed by atoms with Crippen LogP contribution in [-0.4, -0.2) is 17.3 Å². The first-order valence-electron chi connectivity index (χ1n) is 4.08. The number of carboxylic acids is 1. The largest absolute Gasteiger partial charge is 0.477 e. The van der Waals surface area contributed by atoms with Crippen LogP contribution >= 0.6 is 0 Å². The molecule has 1 aromatic rings. The van der Waals surface area contributed by atoms with E-state index in [-0.39, 0.29) is 11.5 Å². The van der Waals surface area contributed by atoms with E-state index >= 15 is 0 Å². The summed E-state index contributed by atoms with van der Waals surface area (Å²) < 4.78 is 12.5. The van der Waals surface area contributed by atoms with Gasteiger partial charge in [0.1, 0.15) is 11.5 Å².